The summed E-state index contributed by atoms with van der Waals surface area (Å²) >= 11 is 3.47. The van der Waals surface area contributed by atoms with Gasteiger partial charge in [0, 0.05) is 11.0 Å². The minimum Gasteiger partial charge on any atom is -0.497 e. The van der Waals surface area contributed by atoms with Crippen LogP contribution in [-0.2, 0) is 4.74 Å². The number of methoxy groups -OCH3 is 1. The summed E-state index contributed by atoms with van der Waals surface area (Å²) in [6.45, 7) is 1.30. The van der Waals surface area contributed by atoms with Crippen LogP contribution in [0.2, 0.25) is 0 Å². The Morgan fingerprint density at radius 3 is 3.10 bits per heavy atom. The van der Waals surface area contributed by atoms with Crippen LogP contribution in [0.5, 0.6) is 5.75 Å². The highest BCUT2D eigenvalue weighted by Gasteiger charge is 2.39. The molecule has 0 spiro atoms. The van der Waals surface area contributed by atoms with Crippen LogP contribution in [0.3, 0.4) is 0 Å². The van der Waals surface area contributed by atoms with Crippen molar-refractivity contribution in [3.8, 4) is 5.75 Å². The largest absolute Gasteiger partial charge is 0.497 e. The topological polar surface area (TPSA) is 38.8 Å². The molecule has 1 aromatic carbocycles. The van der Waals surface area contributed by atoms with Crippen molar-refractivity contribution in [3.05, 3.63) is 28.2 Å². The van der Waals surface area contributed by atoms with Gasteiger partial charge >= 0.3 is 0 Å². The average Bonchev–Trinajstić information content (AvgIpc) is 2.95. The van der Waals surface area contributed by atoms with E-state index in [1.807, 2.05) is 17.0 Å². The van der Waals surface area contributed by atoms with Crippen molar-refractivity contribution in [1.82, 2.24) is 4.90 Å². The summed E-state index contributed by atoms with van der Waals surface area (Å²) in [7, 11) is 1.61. The van der Waals surface area contributed by atoms with Gasteiger partial charge in [-0.25, -0.2) is 0 Å². The Kier molecular flexibility index (Phi) is 3.98. The van der Waals surface area contributed by atoms with Gasteiger partial charge in [-0.1, -0.05) is 0 Å². The van der Waals surface area contributed by atoms with Crippen LogP contribution in [0.4, 0.5) is 0 Å². The second kappa shape index (κ2) is 5.74. The Bertz CT molecular complexity index is 520. The summed E-state index contributed by atoms with van der Waals surface area (Å²) in [5.41, 5.74) is 0.664. The van der Waals surface area contributed by atoms with Crippen molar-refractivity contribution < 1.29 is 14.3 Å². The zero-order chi connectivity index (χ0) is 14.1. The molecule has 1 aromatic rings. The van der Waals surface area contributed by atoms with E-state index in [1.54, 1.807) is 13.2 Å². The molecule has 0 aromatic heterocycles. The van der Waals surface area contributed by atoms with Crippen LogP contribution in [0.25, 0.3) is 0 Å². The fourth-order valence-corrected chi connectivity index (χ4v) is 3.54. The molecule has 0 radical (unpaired) electrons. The Labute approximate surface area is 127 Å². The van der Waals surface area contributed by atoms with E-state index >= 15 is 0 Å². The normalized spacial score (nSPS) is 25.4. The number of hydrogen-bond donors (Lipinski definition) is 0. The second-order valence-electron chi connectivity index (χ2n) is 5.25. The molecule has 4 nitrogen and oxygen atoms in total. The molecule has 5 heteroatoms. The third kappa shape index (κ3) is 2.44. The summed E-state index contributed by atoms with van der Waals surface area (Å²) in [4.78, 5) is 14.8. The molecule has 2 fully saturated rings. The smallest absolute Gasteiger partial charge is 0.255 e. The van der Waals surface area contributed by atoms with Crippen molar-refractivity contribution in [2.75, 3.05) is 20.3 Å². The maximum Gasteiger partial charge on any atom is 0.255 e. The van der Waals surface area contributed by atoms with Crippen molar-refractivity contribution in [2.45, 2.75) is 31.4 Å². The van der Waals surface area contributed by atoms with E-state index in [4.69, 9.17) is 9.47 Å². The van der Waals surface area contributed by atoms with Gasteiger partial charge in [-0.2, -0.15) is 0 Å². The summed E-state index contributed by atoms with van der Waals surface area (Å²) in [5.74, 6) is 0.767. The molecule has 108 valence electrons. The maximum atomic E-state index is 12.8. The van der Waals surface area contributed by atoms with Gasteiger partial charge in [0.15, 0.2) is 0 Å². The predicted molar refractivity (Wildman–Crippen MR) is 79.1 cm³/mol. The first-order valence-corrected chi connectivity index (χ1v) is 7.76. The summed E-state index contributed by atoms with van der Waals surface area (Å²) in [6, 6.07) is 5.73. The predicted octanol–water partition coefficient (Wildman–Crippen LogP) is 2.85. The lowest BCUT2D eigenvalue weighted by molar-refractivity contribution is -0.0445. The molecule has 1 saturated heterocycles. The molecule has 20 heavy (non-hydrogen) atoms. The van der Waals surface area contributed by atoms with Crippen molar-refractivity contribution in [3.63, 3.8) is 0 Å². The molecule has 0 bridgehead atoms. The second-order valence-corrected chi connectivity index (χ2v) is 6.11. The molecule has 2 atom stereocenters. The molecular formula is C15H18BrNO3. The molecule has 1 amide bonds. The Morgan fingerprint density at radius 1 is 1.45 bits per heavy atom. The van der Waals surface area contributed by atoms with E-state index in [-0.39, 0.29) is 18.1 Å². The number of benzene rings is 1. The van der Waals surface area contributed by atoms with Crippen LogP contribution in [0, 0.1) is 0 Å². The minimum atomic E-state index is 0.0657. The fourth-order valence-electron chi connectivity index (χ4n) is 3.13. The van der Waals surface area contributed by atoms with E-state index in [0.29, 0.717) is 24.5 Å². The monoisotopic (exact) mass is 339 g/mol. The number of fused-ring (bicyclic) bond motifs is 1. The molecule has 0 N–H and O–H groups in total. The highest BCUT2D eigenvalue weighted by molar-refractivity contribution is 9.10. The van der Waals surface area contributed by atoms with E-state index in [0.717, 1.165) is 23.7 Å². The molecule has 1 heterocycles. The number of morpholine rings is 1. The third-order valence-electron chi connectivity index (χ3n) is 4.15. The van der Waals surface area contributed by atoms with E-state index in [9.17, 15) is 4.79 Å². The third-order valence-corrected chi connectivity index (χ3v) is 4.84. The van der Waals surface area contributed by atoms with Crippen LogP contribution >= 0.6 is 15.9 Å². The first-order chi connectivity index (χ1) is 9.70. The van der Waals surface area contributed by atoms with Gasteiger partial charge in [-0.15, -0.1) is 0 Å². The SMILES string of the molecule is COc1ccc(Br)c(C(=O)N2CCOC3CCCC32)c1. The zero-order valence-corrected chi connectivity index (χ0v) is 13.1. The Balaban J connectivity index is 1.88. The number of carbonyl (C=O) groups is 1. The summed E-state index contributed by atoms with van der Waals surface area (Å²) in [6.07, 6.45) is 3.46. The number of nitrogens with zero attached hydrogens (tertiary/aromatic N) is 1. The van der Waals surface area contributed by atoms with Crippen molar-refractivity contribution >= 4 is 21.8 Å². The number of hydrogen-bond acceptors (Lipinski definition) is 3. The average molecular weight is 340 g/mol. The molecule has 2 aliphatic rings. The minimum absolute atomic E-state index is 0.0657. The highest BCUT2D eigenvalue weighted by atomic mass is 79.9. The lowest BCUT2D eigenvalue weighted by Crippen LogP contribution is -2.51. The van der Waals surface area contributed by atoms with Crippen LogP contribution < -0.4 is 4.74 Å². The van der Waals surface area contributed by atoms with Crippen molar-refractivity contribution in [2.24, 2.45) is 0 Å². The van der Waals surface area contributed by atoms with Crippen LogP contribution in [-0.4, -0.2) is 43.2 Å². The van der Waals surface area contributed by atoms with Gasteiger partial charge in [-0.3, -0.25) is 4.79 Å². The molecule has 1 saturated carbocycles. The summed E-state index contributed by atoms with van der Waals surface area (Å²) in [5, 5.41) is 0. The first kappa shape index (κ1) is 13.9. The molecule has 3 rings (SSSR count). The molecular weight excluding hydrogens is 322 g/mol. The summed E-state index contributed by atoms with van der Waals surface area (Å²) < 4.78 is 11.8. The van der Waals surface area contributed by atoms with E-state index in [2.05, 4.69) is 15.9 Å². The lowest BCUT2D eigenvalue weighted by atomic mass is 10.1. The fraction of sp³-hybridized carbons (Fsp3) is 0.533. The number of rotatable bonds is 2. The highest BCUT2D eigenvalue weighted by Crippen LogP contribution is 2.32. The van der Waals surface area contributed by atoms with Gasteiger partial charge in [0.25, 0.3) is 5.91 Å². The zero-order valence-electron chi connectivity index (χ0n) is 11.5. The van der Waals surface area contributed by atoms with Crippen LogP contribution in [0.1, 0.15) is 29.6 Å². The van der Waals surface area contributed by atoms with Gasteiger partial charge in [0.05, 0.1) is 31.4 Å². The van der Waals surface area contributed by atoms with Gasteiger partial charge in [0.2, 0.25) is 0 Å². The van der Waals surface area contributed by atoms with Gasteiger partial charge in [0.1, 0.15) is 5.75 Å². The van der Waals surface area contributed by atoms with Crippen molar-refractivity contribution in [1.29, 1.82) is 0 Å². The standard InChI is InChI=1S/C15H18BrNO3/c1-19-10-5-6-12(16)11(9-10)15(18)17-7-8-20-14-4-2-3-13(14)17/h5-6,9,13-14H,2-4,7-8H2,1H3. The van der Waals surface area contributed by atoms with E-state index < -0.39 is 0 Å². The Morgan fingerprint density at radius 2 is 2.30 bits per heavy atom. The van der Waals surface area contributed by atoms with E-state index in [1.165, 1.54) is 0 Å². The lowest BCUT2D eigenvalue weighted by Gasteiger charge is -2.37. The number of carbonyl (C=O) groups excluding carboxylic acids is 1. The van der Waals surface area contributed by atoms with Gasteiger partial charge in [-0.05, 0) is 53.4 Å². The molecule has 1 aliphatic carbocycles. The van der Waals surface area contributed by atoms with Crippen LogP contribution in [0.15, 0.2) is 22.7 Å². The Hall–Kier alpha value is -1.07. The van der Waals surface area contributed by atoms with Gasteiger partial charge < -0.3 is 14.4 Å². The quantitative estimate of drug-likeness (QED) is 0.831. The molecule has 1 aliphatic heterocycles. The number of amides is 1. The number of halogens is 1. The first-order valence-electron chi connectivity index (χ1n) is 6.97. The number of ether oxygens (including phenoxy) is 2. The maximum absolute atomic E-state index is 12.8. The molecule has 2 unspecified atom stereocenters.